The number of benzene rings is 1. The first-order valence-corrected chi connectivity index (χ1v) is 5.04. The van der Waals surface area contributed by atoms with Crippen LogP contribution in [0.15, 0.2) is 53.6 Å². The lowest BCUT2D eigenvalue weighted by Gasteiger charge is -2.05. The monoisotopic (exact) mass is 233 g/mol. The first-order valence-electron chi connectivity index (χ1n) is 4.66. The van der Waals surface area contributed by atoms with Crippen molar-refractivity contribution < 1.29 is 4.79 Å². The molecule has 0 saturated carbocycles. The van der Waals surface area contributed by atoms with Crippen molar-refractivity contribution in [3.63, 3.8) is 0 Å². The van der Waals surface area contributed by atoms with Crippen LogP contribution in [-0.2, 0) is 0 Å². The molecule has 0 N–H and O–H groups in total. The van der Waals surface area contributed by atoms with Gasteiger partial charge >= 0.3 is 0 Å². The van der Waals surface area contributed by atoms with E-state index in [2.05, 4.69) is 0 Å². The van der Waals surface area contributed by atoms with Gasteiger partial charge in [0.15, 0.2) is 5.43 Å². The van der Waals surface area contributed by atoms with E-state index < -0.39 is 0 Å². The molecule has 0 saturated heterocycles. The largest absolute Gasteiger partial charge is 0.290 e. The molecule has 0 amide bonds. The Hall–Kier alpha value is -1.87. The third-order valence-electron chi connectivity index (χ3n) is 2.14. The van der Waals surface area contributed by atoms with Crippen molar-refractivity contribution in [1.29, 1.82) is 0 Å². The second kappa shape index (κ2) is 4.33. The van der Waals surface area contributed by atoms with Crippen molar-refractivity contribution in [3.05, 3.63) is 69.6 Å². The van der Waals surface area contributed by atoms with Gasteiger partial charge in [0.25, 0.3) is 5.91 Å². The summed E-state index contributed by atoms with van der Waals surface area (Å²) < 4.78 is 1.32. The predicted molar refractivity (Wildman–Crippen MR) is 61.9 cm³/mol. The number of hydrogen-bond acceptors (Lipinski definition) is 2. The number of nitrogens with zero attached hydrogens (tertiary/aromatic N) is 1. The van der Waals surface area contributed by atoms with Gasteiger partial charge in [-0.15, -0.1) is 0 Å². The topological polar surface area (TPSA) is 39.1 Å². The van der Waals surface area contributed by atoms with Gasteiger partial charge in [-0.3, -0.25) is 14.2 Å². The molecular weight excluding hydrogens is 226 g/mol. The maximum absolute atomic E-state index is 12.0. The average Bonchev–Trinajstić information content (AvgIpc) is 2.30. The number of rotatable bonds is 1. The van der Waals surface area contributed by atoms with Crippen molar-refractivity contribution in [3.8, 4) is 0 Å². The lowest BCUT2D eigenvalue weighted by molar-refractivity contribution is 0.0959. The number of carbonyl (C=O) groups excluding carboxylic acids is 1. The highest BCUT2D eigenvalue weighted by Crippen LogP contribution is 2.15. The van der Waals surface area contributed by atoms with E-state index in [9.17, 15) is 9.59 Å². The summed E-state index contributed by atoms with van der Waals surface area (Å²) >= 11 is 5.90. The van der Waals surface area contributed by atoms with Crippen molar-refractivity contribution in [2.75, 3.05) is 0 Å². The first kappa shape index (κ1) is 10.6. The van der Waals surface area contributed by atoms with E-state index >= 15 is 0 Å². The molecule has 2 aromatic rings. The molecule has 0 fully saturated rings. The zero-order valence-electron chi connectivity index (χ0n) is 8.26. The zero-order valence-corrected chi connectivity index (χ0v) is 9.02. The molecule has 80 valence electrons. The normalized spacial score (nSPS) is 10.1. The highest BCUT2D eigenvalue weighted by atomic mass is 35.5. The minimum Gasteiger partial charge on any atom is -0.290 e. The number of hydrogen-bond donors (Lipinski definition) is 0. The number of pyridine rings is 1. The molecule has 0 spiro atoms. The quantitative estimate of drug-likeness (QED) is 0.758. The zero-order chi connectivity index (χ0) is 11.5. The highest BCUT2D eigenvalue weighted by molar-refractivity contribution is 6.33. The Bertz CT molecular complexity index is 569. The van der Waals surface area contributed by atoms with Gasteiger partial charge in [0.05, 0.1) is 10.6 Å². The molecule has 3 nitrogen and oxygen atoms in total. The molecule has 1 aromatic carbocycles. The summed E-state index contributed by atoms with van der Waals surface area (Å²) in [5, 5.41) is 0.395. The van der Waals surface area contributed by atoms with Gasteiger partial charge < -0.3 is 0 Å². The van der Waals surface area contributed by atoms with Crippen LogP contribution >= 0.6 is 11.6 Å². The van der Waals surface area contributed by atoms with E-state index in [0.29, 0.717) is 10.6 Å². The standard InChI is InChI=1S/C12H8ClNO2/c13-11-4-2-1-3-10(11)12(16)14-7-5-9(15)6-8-14/h1-8H. The molecule has 0 radical (unpaired) electrons. The maximum atomic E-state index is 12.0. The van der Waals surface area contributed by atoms with Crippen LogP contribution in [0, 0.1) is 0 Å². The van der Waals surface area contributed by atoms with Crippen LogP contribution in [0.2, 0.25) is 5.02 Å². The lowest BCUT2D eigenvalue weighted by atomic mass is 10.2. The summed E-state index contributed by atoms with van der Waals surface area (Å²) in [4.78, 5) is 22.9. The fourth-order valence-corrected chi connectivity index (χ4v) is 1.54. The second-order valence-electron chi connectivity index (χ2n) is 3.23. The summed E-state index contributed by atoms with van der Waals surface area (Å²) in [5.41, 5.74) is 0.274. The van der Waals surface area contributed by atoms with Crippen molar-refractivity contribution in [1.82, 2.24) is 4.57 Å². The number of halogens is 1. The summed E-state index contributed by atoms with van der Waals surface area (Å²) in [6.07, 6.45) is 2.85. The van der Waals surface area contributed by atoms with Crippen LogP contribution in [0.25, 0.3) is 0 Å². The Balaban J connectivity index is 2.43. The molecule has 2 rings (SSSR count). The Morgan fingerprint density at radius 2 is 1.69 bits per heavy atom. The molecule has 0 aliphatic heterocycles. The van der Waals surface area contributed by atoms with Crippen LogP contribution in [0.4, 0.5) is 0 Å². The molecule has 0 aliphatic rings. The highest BCUT2D eigenvalue weighted by Gasteiger charge is 2.09. The minimum atomic E-state index is -0.259. The van der Waals surface area contributed by atoms with Crippen LogP contribution < -0.4 is 5.43 Å². The minimum absolute atomic E-state index is 0.136. The lowest BCUT2D eigenvalue weighted by Crippen LogP contribution is -2.14. The smallest absolute Gasteiger partial charge is 0.263 e. The molecule has 4 heteroatoms. The maximum Gasteiger partial charge on any atom is 0.263 e. The molecule has 16 heavy (non-hydrogen) atoms. The van der Waals surface area contributed by atoms with Gasteiger partial charge in [-0.2, -0.15) is 0 Å². The number of carbonyl (C=O) groups is 1. The molecule has 1 aromatic heterocycles. The molecule has 0 aliphatic carbocycles. The van der Waals surface area contributed by atoms with E-state index in [1.165, 1.54) is 29.1 Å². The van der Waals surface area contributed by atoms with E-state index in [-0.39, 0.29) is 11.3 Å². The summed E-state index contributed by atoms with van der Waals surface area (Å²) in [5.74, 6) is -0.259. The van der Waals surface area contributed by atoms with Gasteiger partial charge in [0.2, 0.25) is 0 Å². The summed E-state index contributed by atoms with van der Waals surface area (Å²) in [7, 11) is 0. The van der Waals surface area contributed by atoms with Crippen molar-refractivity contribution in [2.45, 2.75) is 0 Å². The molecule has 0 atom stereocenters. The Morgan fingerprint density at radius 1 is 1.06 bits per heavy atom. The van der Waals surface area contributed by atoms with Gasteiger partial charge in [-0.1, -0.05) is 23.7 Å². The predicted octanol–water partition coefficient (Wildman–Crippen LogP) is 2.19. The fraction of sp³-hybridized carbons (Fsp3) is 0. The van der Waals surface area contributed by atoms with E-state index in [1.54, 1.807) is 24.3 Å². The molecular formula is C12H8ClNO2. The number of aromatic nitrogens is 1. The van der Waals surface area contributed by atoms with Gasteiger partial charge in [-0.25, -0.2) is 0 Å². The van der Waals surface area contributed by atoms with Crippen LogP contribution in [-0.4, -0.2) is 10.5 Å². The first-order chi connectivity index (χ1) is 7.68. The molecule has 0 bridgehead atoms. The van der Waals surface area contributed by atoms with Crippen molar-refractivity contribution in [2.24, 2.45) is 0 Å². The van der Waals surface area contributed by atoms with Crippen LogP contribution in [0.1, 0.15) is 10.4 Å². The van der Waals surface area contributed by atoms with E-state index in [0.717, 1.165) is 0 Å². The molecule has 1 heterocycles. The summed E-state index contributed by atoms with van der Waals surface area (Å²) in [6.45, 7) is 0. The van der Waals surface area contributed by atoms with Gasteiger partial charge in [-0.05, 0) is 12.1 Å². The molecule has 0 unspecified atom stereocenters. The van der Waals surface area contributed by atoms with Crippen molar-refractivity contribution >= 4 is 17.5 Å². The van der Waals surface area contributed by atoms with E-state index in [1.807, 2.05) is 0 Å². The SMILES string of the molecule is O=C(c1ccccc1Cl)n1ccc(=O)cc1. The van der Waals surface area contributed by atoms with Gasteiger partial charge in [0.1, 0.15) is 0 Å². The van der Waals surface area contributed by atoms with E-state index in [4.69, 9.17) is 11.6 Å². The second-order valence-corrected chi connectivity index (χ2v) is 3.63. The summed E-state index contributed by atoms with van der Waals surface area (Å²) in [6, 6.07) is 9.44. The fourth-order valence-electron chi connectivity index (χ4n) is 1.32. The third kappa shape index (κ3) is 2.04. The third-order valence-corrected chi connectivity index (χ3v) is 2.47. The Labute approximate surface area is 96.9 Å². The average molecular weight is 234 g/mol. The van der Waals surface area contributed by atoms with Gasteiger partial charge in [0, 0.05) is 24.5 Å². The Morgan fingerprint density at radius 3 is 2.31 bits per heavy atom. The Kier molecular flexibility index (Phi) is 2.88. The van der Waals surface area contributed by atoms with Crippen LogP contribution in [0.5, 0.6) is 0 Å². The van der Waals surface area contributed by atoms with Crippen LogP contribution in [0.3, 0.4) is 0 Å².